The number of carbonyl (C=O) groups is 1. The minimum Gasteiger partial charge on any atom is -0.486 e. The van der Waals surface area contributed by atoms with Gasteiger partial charge >= 0.3 is 5.97 Å². The second-order valence-corrected chi connectivity index (χ2v) is 6.89. The zero-order valence-electron chi connectivity index (χ0n) is 15.3. The van der Waals surface area contributed by atoms with E-state index in [1.54, 1.807) is 59.3 Å². The minimum atomic E-state index is -1.04. The summed E-state index contributed by atoms with van der Waals surface area (Å²) in [6.45, 7) is 0.860. The van der Waals surface area contributed by atoms with Gasteiger partial charge in [0, 0.05) is 34.1 Å². The van der Waals surface area contributed by atoms with Crippen molar-refractivity contribution in [2.45, 2.75) is 6.10 Å². The molecule has 0 radical (unpaired) electrons. The van der Waals surface area contributed by atoms with Crippen molar-refractivity contribution >= 4 is 23.6 Å². The number of halogens is 1. The zero-order valence-corrected chi connectivity index (χ0v) is 16.0. The Labute approximate surface area is 172 Å². The van der Waals surface area contributed by atoms with Crippen molar-refractivity contribution in [2.24, 2.45) is 0 Å². The van der Waals surface area contributed by atoms with E-state index in [4.69, 9.17) is 26.2 Å². The summed E-state index contributed by atoms with van der Waals surface area (Å²) in [7, 11) is 0. The van der Waals surface area contributed by atoms with Crippen LogP contribution in [0.4, 0.5) is 0 Å². The van der Waals surface area contributed by atoms with Crippen molar-refractivity contribution in [3.05, 3.63) is 82.6 Å². The van der Waals surface area contributed by atoms with E-state index in [2.05, 4.69) is 0 Å². The third-order valence-corrected chi connectivity index (χ3v) is 4.85. The fourth-order valence-electron chi connectivity index (χ4n) is 3.35. The Morgan fingerprint density at radius 1 is 1.10 bits per heavy atom. The van der Waals surface area contributed by atoms with Gasteiger partial charge < -0.3 is 24.3 Å². The molecule has 2 aromatic carbocycles. The number of rotatable bonds is 5. The third-order valence-electron chi connectivity index (χ3n) is 4.61. The van der Waals surface area contributed by atoms with Crippen LogP contribution in [0, 0.1) is 0 Å². The van der Waals surface area contributed by atoms with Crippen molar-refractivity contribution in [1.82, 2.24) is 4.57 Å². The fourth-order valence-corrected chi connectivity index (χ4v) is 3.53. The number of benzene rings is 2. The van der Waals surface area contributed by atoms with Crippen molar-refractivity contribution in [3.63, 3.8) is 0 Å². The van der Waals surface area contributed by atoms with Gasteiger partial charge in [0.15, 0.2) is 11.5 Å². The molecule has 148 valence electrons. The van der Waals surface area contributed by atoms with E-state index in [0.29, 0.717) is 52.2 Å². The molecule has 0 saturated carbocycles. The molecule has 7 heteroatoms. The van der Waals surface area contributed by atoms with Crippen molar-refractivity contribution in [2.75, 3.05) is 13.2 Å². The van der Waals surface area contributed by atoms with Gasteiger partial charge in [-0.15, -0.1) is 0 Å². The molecule has 4 rings (SSSR count). The molecule has 1 aromatic heterocycles. The maximum absolute atomic E-state index is 11.2. The molecule has 2 heterocycles. The van der Waals surface area contributed by atoms with E-state index in [1.165, 1.54) is 6.08 Å². The average molecular weight is 412 g/mol. The summed E-state index contributed by atoms with van der Waals surface area (Å²) in [5.41, 5.74) is 2.45. The van der Waals surface area contributed by atoms with Crippen LogP contribution in [-0.4, -0.2) is 34.0 Å². The molecular formula is C22H18ClNO5. The average Bonchev–Trinajstić information content (AvgIpc) is 3.19. The summed E-state index contributed by atoms with van der Waals surface area (Å²) in [5.74, 6) is 0.0558. The number of aliphatic hydroxyl groups excluding tert-OH is 1. The summed E-state index contributed by atoms with van der Waals surface area (Å²) < 4.78 is 13.2. The number of fused-ring (bicyclic) bond motifs is 1. The SMILES string of the molecule is O=C(O)/C=C/c1cccn1-c1ccc(Cl)cc1C(O)c1cccc2c1OCCO2. The molecular weight excluding hydrogens is 394 g/mol. The first-order chi connectivity index (χ1) is 14.0. The first kappa shape index (κ1) is 19.1. The summed E-state index contributed by atoms with van der Waals surface area (Å²) in [6.07, 6.45) is 3.32. The smallest absolute Gasteiger partial charge is 0.328 e. The molecule has 1 atom stereocenters. The highest BCUT2D eigenvalue weighted by molar-refractivity contribution is 6.30. The van der Waals surface area contributed by atoms with Crippen molar-refractivity contribution < 1.29 is 24.5 Å². The molecule has 0 fully saturated rings. The monoisotopic (exact) mass is 411 g/mol. The molecule has 1 aliphatic heterocycles. The molecule has 0 bridgehead atoms. The van der Waals surface area contributed by atoms with Crippen LogP contribution >= 0.6 is 11.6 Å². The molecule has 0 saturated heterocycles. The van der Waals surface area contributed by atoms with Crippen LogP contribution in [0.25, 0.3) is 11.8 Å². The minimum absolute atomic E-state index is 0.404. The number of hydrogen-bond donors (Lipinski definition) is 2. The Morgan fingerprint density at radius 3 is 2.76 bits per heavy atom. The molecule has 3 aromatic rings. The summed E-state index contributed by atoms with van der Waals surface area (Å²) in [5, 5.41) is 20.6. The lowest BCUT2D eigenvalue weighted by molar-refractivity contribution is -0.131. The second-order valence-electron chi connectivity index (χ2n) is 6.45. The van der Waals surface area contributed by atoms with Crippen LogP contribution in [0.3, 0.4) is 0 Å². The maximum Gasteiger partial charge on any atom is 0.328 e. The van der Waals surface area contributed by atoms with E-state index in [0.717, 1.165) is 6.08 Å². The lowest BCUT2D eigenvalue weighted by Gasteiger charge is -2.24. The van der Waals surface area contributed by atoms with Gasteiger partial charge in [-0.1, -0.05) is 23.7 Å². The highest BCUT2D eigenvalue weighted by atomic mass is 35.5. The largest absolute Gasteiger partial charge is 0.486 e. The lowest BCUT2D eigenvalue weighted by atomic mass is 9.98. The van der Waals surface area contributed by atoms with Gasteiger partial charge in [0.25, 0.3) is 0 Å². The van der Waals surface area contributed by atoms with Crippen LogP contribution in [0.5, 0.6) is 11.5 Å². The van der Waals surface area contributed by atoms with Gasteiger partial charge in [-0.05, 0) is 42.5 Å². The molecule has 29 heavy (non-hydrogen) atoms. The first-order valence-electron chi connectivity index (χ1n) is 8.99. The molecule has 0 amide bonds. The fraction of sp³-hybridized carbons (Fsp3) is 0.136. The van der Waals surface area contributed by atoms with E-state index in [9.17, 15) is 9.90 Å². The third kappa shape index (κ3) is 3.85. The van der Waals surface area contributed by atoms with Crippen molar-refractivity contribution in [3.8, 4) is 17.2 Å². The van der Waals surface area contributed by atoms with Gasteiger partial charge in [0.05, 0.1) is 5.69 Å². The second kappa shape index (κ2) is 8.03. The van der Waals surface area contributed by atoms with Crippen molar-refractivity contribution in [1.29, 1.82) is 0 Å². The quantitative estimate of drug-likeness (QED) is 0.618. The lowest BCUT2D eigenvalue weighted by Crippen LogP contribution is -2.18. The Balaban J connectivity index is 1.82. The summed E-state index contributed by atoms with van der Waals surface area (Å²) in [6, 6.07) is 14.2. The van der Waals surface area contributed by atoms with Gasteiger partial charge in [0.2, 0.25) is 0 Å². The standard InChI is InChI=1S/C22H18ClNO5/c23-14-6-8-18(24-10-2-3-15(24)7-9-20(25)26)17(13-14)21(27)16-4-1-5-19-22(16)29-12-11-28-19/h1-10,13,21,27H,11-12H2,(H,25,26)/b9-7+. The molecule has 0 spiro atoms. The number of hydrogen-bond acceptors (Lipinski definition) is 4. The summed E-state index contributed by atoms with van der Waals surface area (Å²) >= 11 is 6.23. The van der Waals surface area contributed by atoms with E-state index in [-0.39, 0.29) is 0 Å². The number of carboxylic acids is 1. The summed E-state index contributed by atoms with van der Waals surface area (Å²) in [4.78, 5) is 10.9. The molecule has 2 N–H and O–H groups in total. The zero-order chi connectivity index (χ0) is 20.4. The topological polar surface area (TPSA) is 80.9 Å². The normalized spacial score (nSPS) is 14.1. The molecule has 6 nitrogen and oxygen atoms in total. The Morgan fingerprint density at radius 2 is 1.93 bits per heavy atom. The van der Waals surface area contributed by atoms with Crippen LogP contribution in [-0.2, 0) is 4.79 Å². The van der Waals surface area contributed by atoms with Crippen LogP contribution in [0.15, 0.2) is 60.8 Å². The number of para-hydroxylation sites is 1. The Kier molecular flexibility index (Phi) is 5.29. The van der Waals surface area contributed by atoms with Crippen LogP contribution < -0.4 is 9.47 Å². The van der Waals surface area contributed by atoms with Gasteiger partial charge in [-0.25, -0.2) is 4.79 Å². The molecule has 1 aliphatic rings. The Bertz CT molecular complexity index is 1090. The van der Waals surface area contributed by atoms with E-state index >= 15 is 0 Å². The van der Waals surface area contributed by atoms with E-state index in [1.807, 2.05) is 0 Å². The number of aliphatic carboxylic acids is 1. The predicted molar refractivity (Wildman–Crippen MR) is 109 cm³/mol. The number of aliphatic hydroxyl groups is 1. The number of carboxylic acid groups (broad SMARTS) is 1. The van der Waals surface area contributed by atoms with E-state index < -0.39 is 12.1 Å². The van der Waals surface area contributed by atoms with Gasteiger partial charge in [0.1, 0.15) is 19.3 Å². The highest BCUT2D eigenvalue weighted by Gasteiger charge is 2.24. The number of ether oxygens (including phenoxy) is 2. The maximum atomic E-state index is 11.2. The van der Waals surface area contributed by atoms with Gasteiger partial charge in [-0.2, -0.15) is 0 Å². The predicted octanol–water partition coefficient (Wildman–Crippen LogP) is 4.08. The highest BCUT2D eigenvalue weighted by Crippen LogP contribution is 2.41. The van der Waals surface area contributed by atoms with Crippen LogP contribution in [0.2, 0.25) is 5.02 Å². The number of nitrogens with zero attached hydrogens (tertiary/aromatic N) is 1. The molecule has 1 unspecified atom stereocenters. The number of aromatic nitrogens is 1. The van der Waals surface area contributed by atoms with Gasteiger partial charge in [-0.3, -0.25) is 0 Å². The molecule has 0 aliphatic carbocycles. The Hall–Kier alpha value is -3.22. The first-order valence-corrected chi connectivity index (χ1v) is 9.37. The van der Waals surface area contributed by atoms with Crippen LogP contribution in [0.1, 0.15) is 22.9 Å².